The molecule has 0 saturated carbocycles. The molecule has 3 aromatic rings. The van der Waals surface area contributed by atoms with Gasteiger partial charge < -0.3 is 5.11 Å². The number of fused-ring (bicyclic) bond motifs is 1. The second kappa shape index (κ2) is 4.45. The molecule has 0 saturated heterocycles. The quantitative estimate of drug-likeness (QED) is 0.739. The van der Waals surface area contributed by atoms with Gasteiger partial charge in [-0.15, -0.1) is 0 Å². The highest BCUT2D eigenvalue weighted by Gasteiger charge is 2.15. The van der Waals surface area contributed by atoms with E-state index in [9.17, 15) is 14.3 Å². The van der Waals surface area contributed by atoms with Crippen LogP contribution in [0.3, 0.4) is 0 Å². The standard InChI is InChI=1S/C15H11FN2O2/c1-18-8-12(16)13(17-15(18)20)11-7-6-9-4-2-3-5-10(9)14(11)19/h2-8,19H,1H3. The van der Waals surface area contributed by atoms with E-state index in [4.69, 9.17) is 0 Å². The molecular weight excluding hydrogens is 259 g/mol. The van der Waals surface area contributed by atoms with Gasteiger partial charge in [0.25, 0.3) is 0 Å². The second-order valence-electron chi connectivity index (χ2n) is 4.51. The van der Waals surface area contributed by atoms with Gasteiger partial charge in [-0.25, -0.2) is 9.18 Å². The molecule has 0 radical (unpaired) electrons. The lowest BCUT2D eigenvalue weighted by Crippen LogP contribution is -2.21. The van der Waals surface area contributed by atoms with E-state index >= 15 is 0 Å². The third-order valence-corrected chi connectivity index (χ3v) is 3.20. The van der Waals surface area contributed by atoms with E-state index in [-0.39, 0.29) is 17.0 Å². The number of hydrogen-bond donors (Lipinski definition) is 1. The fourth-order valence-electron chi connectivity index (χ4n) is 2.15. The first-order chi connectivity index (χ1) is 9.58. The van der Waals surface area contributed by atoms with E-state index in [0.29, 0.717) is 5.39 Å². The van der Waals surface area contributed by atoms with Gasteiger partial charge in [-0.3, -0.25) is 4.57 Å². The molecule has 100 valence electrons. The van der Waals surface area contributed by atoms with Crippen LogP contribution in [0.5, 0.6) is 5.75 Å². The molecular formula is C15H11FN2O2. The number of aromatic hydroxyl groups is 1. The van der Waals surface area contributed by atoms with Crippen molar-refractivity contribution in [3.8, 4) is 17.0 Å². The Labute approximate surface area is 113 Å². The molecule has 0 fully saturated rings. The van der Waals surface area contributed by atoms with Crippen molar-refractivity contribution in [1.29, 1.82) is 0 Å². The van der Waals surface area contributed by atoms with E-state index in [1.165, 1.54) is 7.05 Å². The Balaban J connectivity index is 2.33. The Kier molecular flexibility index (Phi) is 2.75. The summed E-state index contributed by atoms with van der Waals surface area (Å²) in [4.78, 5) is 15.2. The number of nitrogens with zero attached hydrogens (tertiary/aromatic N) is 2. The zero-order chi connectivity index (χ0) is 14.3. The molecule has 1 N–H and O–H groups in total. The predicted molar refractivity (Wildman–Crippen MR) is 74.0 cm³/mol. The first-order valence-electron chi connectivity index (χ1n) is 6.02. The van der Waals surface area contributed by atoms with Gasteiger partial charge in [0.05, 0.1) is 0 Å². The predicted octanol–water partition coefficient (Wildman–Crippen LogP) is 2.45. The van der Waals surface area contributed by atoms with E-state index in [1.807, 2.05) is 12.1 Å². The summed E-state index contributed by atoms with van der Waals surface area (Å²) < 4.78 is 15.0. The Hall–Kier alpha value is -2.69. The molecule has 0 aliphatic rings. The van der Waals surface area contributed by atoms with Gasteiger partial charge >= 0.3 is 5.69 Å². The van der Waals surface area contributed by atoms with Crippen molar-refractivity contribution in [1.82, 2.24) is 9.55 Å². The lowest BCUT2D eigenvalue weighted by atomic mass is 10.0. The third kappa shape index (κ3) is 1.84. The zero-order valence-corrected chi connectivity index (χ0v) is 10.7. The number of halogens is 1. The molecule has 3 rings (SSSR count). The molecule has 0 bridgehead atoms. The van der Waals surface area contributed by atoms with Gasteiger partial charge in [0.1, 0.15) is 11.4 Å². The summed E-state index contributed by atoms with van der Waals surface area (Å²) >= 11 is 0. The summed E-state index contributed by atoms with van der Waals surface area (Å²) in [6.45, 7) is 0. The lowest BCUT2D eigenvalue weighted by Gasteiger charge is -2.08. The van der Waals surface area contributed by atoms with Crippen molar-refractivity contribution in [2.45, 2.75) is 0 Å². The summed E-state index contributed by atoms with van der Waals surface area (Å²) in [5.41, 5.74) is -0.510. The van der Waals surface area contributed by atoms with Crippen LogP contribution < -0.4 is 5.69 Å². The normalized spacial score (nSPS) is 10.9. The number of rotatable bonds is 1. The molecule has 0 unspecified atom stereocenters. The number of phenols is 1. The summed E-state index contributed by atoms with van der Waals surface area (Å²) in [5, 5.41) is 11.7. The monoisotopic (exact) mass is 270 g/mol. The van der Waals surface area contributed by atoms with Crippen LogP contribution in [0.15, 0.2) is 47.4 Å². The maximum Gasteiger partial charge on any atom is 0.348 e. The molecule has 20 heavy (non-hydrogen) atoms. The van der Waals surface area contributed by atoms with Gasteiger partial charge in [0, 0.05) is 24.2 Å². The van der Waals surface area contributed by atoms with E-state index in [2.05, 4.69) is 4.98 Å². The van der Waals surface area contributed by atoms with Gasteiger partial charge in [0.2, 0.25) is 0 Å². The van der Waals surface area contributed by atoms with Crippen LogP contribution >= 0.6 is 0 Å². The molecule has 0 spiro atoms. The number of benzene rings is 2. The highest BCUT2D eigenvalue weighted by molar-refractivity contribution is 5.94. The van der Waals surface area contributed by atoms with Crippen molar-refractivity contribution in [2.24, 2.45) is 7.05 Å². The molecule has 2 aromatic carbocycles. The number of hydrogen-bond acceptors (Lipinski definition) is 3. The SMILES string of the molecule is Cn1cc(F)c(-c2ccc3ccccc3c2O)nc1=O. The van der Waals surface area contributed by atoms with E-state index in [0.717, 1.165) is 16.2 Å². The molecule has 0 aliphatic carbocycles. The fourth-order valence-corrected chi connectivity index (χ4v) is 2.15. The summed E-state index contributed by atoms with van der Waals surface area (Å²) in [5.74, 6) is -0.736. The topological polar surface area (TPSA) is 55.1 Å². The smallest absolute Gasteiger partial charge is 0.348 e. The second-order valence-corrected chi connectivity index (χ2v) is 4.51. The van der Waals surface area contributed by atoms with Crippen LogP contribution in [0.1, 0.15) is 0 Å². The molecule has 0 amide bonds. The average Bonchev–Trinajstić information content (AvgIpc) is 2.44. The fraction of sp³-hybridized carbons (Fsp3) is 0.0667. The maximum absolute atomic E-state index is 14.0. The van der Waals surface area contributed by atoms with Crippen molar-refractivity contribution in [2.75, 3.05) is 0 Å². The number of aryl methyl sites for hydroxylation is 1. The largest absolute Gasteiger partial charge is 0.507 e. The van der Waals surface area contributed by atoms with E-state index < -0.39 is 11.5 Å². The Bertz CT molecular complexity index is 871. The van der Waals surface area contributed by atoms with Crippen LogP contribution in [0.25, 0.3) is 22.0 Å². The molecule has 1 aromatic heterocycles. The Morgan fingerprint density at radius 3 is 2.75 bits per heavy atom. The van der Waals surface area contributed by atoms with Crippen molar-refractivity contribution >= 4 is 10.8 Å². The summed E-state index contributed by atoms with van der Waals surface area (Å²) in [6, 6.07) is 10.5. The van der Waals surface area contributed by atoms with Gasteiger partial charge in [0.15, 0.2) is 5.82 Å². The molecule has 4 nitrogen and oxygen atoms in total. The third-order valence-electron chi connectivity index (χ3n) is 3.20. The molecule has 0 aliphatic heterocycles. The molecule has 0 atom stereocenters. The minimum absolute atomic E-state index is 0.0808. The van der Waals surface area contributed by atoms with Crippen molar-refractivity contribution in [3.63, 3.8) is 0 Å². The highest BCUT2D eigenvalue weighted by atomic mass is 19.1. The van der Waals surface area contributed by atoms with Gasteiger partial charge in [-0.2, -0.15) is 4.98 Å². The average molecular weight is 270 g/mol. The van der Waals surface area contributed by atoms with Gasteiger partial charge in [-0.1, -0.05) is 30.3 Å². The minimum Gasteiger partial charge on any atom is -0.507 e. The van der Waals surface area contributed by atoms with Crippen LogP contribution in [-0.2, 0) is 7.05 Å². The summed E-state index contributed by atoms with van der Waals surface area (Å²) in [6.07, 6.45) is 1.05. The highest BCUT2D eigenvalue weighted by Crippen LogP contribution is 2.35. The minimum atomic E-state index is -0.655. The lowest BCUT2D eigenvalue weighted by molar-refractivity contribution is 0.482. The first kappa shape index (κ1) is 12.3. The van der Waals surface area contributed by atoms with E-state index in [1.54, 1.807) is 24.3 Å². The molecule has 5 heteroatoms. The van der Waals surface area contributed by atoms with Crippen LogP contribution in [-0.4, -0.2) is 14.7 Å². The van der Waals surface area contributed by atoms with Crippen LogP contribution in [0.2, 0.25) is 0 Å². The zero-order valence-electron chi connectivity index (χ0n) is 10.7. The number of aromatic nitrogens is 2. The van der Waals surface area contributed by atoms with Crippen molar-refractivity contribution in [3.05, 3.63) is 58.9 Å². The Morgan fingerprint density at radius 1 is 1.20 bits per heavy atom. The first-order valence-corrected chi connectivity index (χ1v) is 6.02. The number of phenolic OH excluding ortho intramolecular Hbond substituents is 1. The summed E-state index contributed by atoms with van der Waals surface area (Å²) in [7, 11) is 1.42. The maximum atomic E-state index is 14.0. The Morgan fingerprint density at radius 2 is 1.95 bits per heavy atom. The van der Waals surface area contributed by atoms with Gasteiger partial charge in [-0.05, 0) is 11.5 Å². The van der Waals surface area contributed by atoms with Crippen LogP contribution in [0, 0.1) is 5.82 Å². The molecule has 1 heterocycles. The van der Waals surface area contributed by atoms with Crippen molar-refractivity contribution < 1.29 is 9.50 Å². The van der Waals surface area contributed by atoms with Crippen LogP contribution in [0.4, 0.5) is 4.39 Å².